The van der Waals surface area contributed by atoms with Crippen LogP contribution >= 0.6 is 0 Å². The lowest BCUT2D eigenvalue weighted by Gasteiger charge is -2.19. The van der Waals surface area contributed by atoms with Gasteiger partial charge in [-0.1, -0.05) is 49.4 Å². The second-order valence-corrected chi connectivity index (χ2v) is 10.2. The summed E-state index contributed by atoms with van der Waals surface area (Å²) in [7, 11) is 0. The highest BCUT2D eigenvalue weighted by atomic mass is 16.6. The summed E-state index contributed by atoms with van der Waals surface area (Å²) < 4.78 is 27.3. The highest BCUT2D eigenvalue weighted by molar-refractivity contribution is 5.84. The lowest BCUT2D eigenvalue weighted by Crippen LogP contribution is -2.43. The maximum absolute atomic E-state index is 12.9. The average Bonchev–Trinajstić information content (AvgIpc) is 2.91. The predicted octanol–water partition coefficient (Wildman–Crippen LogP) is 4.40. The predicted molar refractivity (Wildman–Crippen MR) is 151 cm³/mol. The van der Waals surface area contributed by atoms with Crippen molar-refractivity contribution in [2.75, 3.05) is 33.0 Å². The SMILES string of the molecule is CCCOCCC(=O)N[C@@H](Cc1ccc(OCCOCCC(=O)OC(C)(C)C)cc1)C(=O)OCc1ccccc1. The summed E-state index contributed by atoms with van der Waals surface area (Å²) in [6, 6.07) is 15.8. The monoisotopic (exact) mass is 557 g/mol. The topological polar surface area (TPSA) is 109 Å². The van der Waals surface area contributed by atoms with Crippen LogP contribution in [0.1, 0.15) is 58.1 Å². The number of nitrogens with one attached hydrogen (secondary N) is 1. The summed E-state index contributed by atoms with van der Waals surface area (Å²) in [6.45, 7) is 9.37. The van der Waals surface area contributed by atoms with Gasteiger partial charge in [0.2, 0.25) is 5.91 Å². The second kappa shape index (κ2) is 18.0. The third-order valence-corrected chi connectivity index (χ3v) is 5.40. The molecule has 9 heteroatoms. The van der Waals surface area contributed by atoms with E-state index in [4.69, 9.17) is 23.7 Å². The van der Waals surface area contributed by atoms with Crippen molar-refractivity contribution in [1.29, 1.82) is 0 Å². The van der Waals surface area contributed by atoms with Gasteiger partial charge in [0, 0.05) is 19.4 Å². The van der Waals surface area contributed by atoms with Gasteiger partial charge in [-0.25, -0.2) is 4.79 Å². The molecule has 1 atom stereocenters. The summed E-state index contributed by atoms with van der Waals surface area (Å²) in [5, 5.41) is 2.79. The van der Waals surface area contributed by atoms with Gasteiger partial charge in [0.25, 0.3) is 0 Å². The minimum absolute atomic E-state index is 0.123. The van der Waals surface area contributed by atoms with Gasteiger partial charge in [-0.15, -0.1) is 0 Å². The van der Waals surface area contributed by atoms with Crippen molar-refractivity contribution in [2.24, 2.45) is 0 Å². The molecule has 0 saturated heterocycles. The summed E-state index contributed by atoms with van der Waals surface area (Å²) in [5.74, 6) is -0.438. The first kappa shape index (κ1) is 32.8. The van der Waals surface area contributed by atoms with Crippen LogP contribution in [-0.2, 0) is 46.4 Å². The second-order valence-electron chi connectivity index (χ2n) is 10.2. The Balaban J connectivity index is 1.83. The molecule has 0 aliphatic carbocycles. The van der Waals surface area contributed by atoms with Crippen molar-refractivity contribution in [3.63, 3.8) is 0 Å². The van der Waals surface area contributed by atoms with E-state index < -0.39 is 17.6 Å². The zero-order valence-electron chi connectivity index (χ0n) is 24.1. The Hall–Kier alpha value is -3.43. The molecule has 0 heterocycles. The van der Waals surface area contributed by atoms with Gasteiger partial charge in [-0.2, -0.15) is 0 Å². The Morgan fingerprint density at radius 1 is 0.800 bits per heavy atom. The fourth-order valence-electron chi connectivity index (χ4n) is 3.53. The van der Waals surface area contributed by atoms with E-state index in [2.05, 4.69) is 5.32 Å². The molecule has 0 aliphatic heterocycles. The molecule has 0 bridgehead atoms. The van der Waals surface area contributed by atoms with Crippen LogP contribution in [0.5, 0.6) is 5.75 Å². The molecule has 9 nitrogen and oxygen atoms in total. The van der Waals surface area contributed by atoms with Gasteiger partial charge in [0.15, 0.2) is 0 Å². The van der Waals surface area contributed by atoms with Crippen molar-refractivity contribution in [1.82, 2.24) is 5.32 Å². The molecule has 0 unspecified atom stereocenters. The van der Waals surface area contributed by atoms with E-state index in [1.165, 1.54) is 0 Å². The fourth-order valence-corrected chi connectivity index (χ4v) is 3.53. The van der Waals surface area contributed by atoms with E-state index in [1.54, 1.807) is 12.1 Å². The minimum Gasteiger partial charge on any atom is -0.491 e. The first-order valence-corrected chi connectivity index (χ1v) is 13.7. The van der Waals surface area contributed by atoms with Crippen LogP contribution in [0, 0.1) is 0 Å². The molecule has 0 spiro atoms. The fraction of sp³-hybridized carbons (Fsp3) is 0.516. The summed E-state index contributed by atoms with van der Waals surface area (Å²) >= 11 is 0. The molecular formula is C31H43NO8. The van der Waals surface area contributed by atoms with E-state index in [1.807, 2.05) is 70.2 Å². The molecule has 0 fully saturated rings. The molecular weight excluding hydrogens is 514 g/mol. The third-order valence-electron chi connectivity index (χ3n) is 5.40. The number of ether oxygens (including phenoxy) is 5. The van der Waals surface area contributed by atoms with E-state index in [-0.39, 0.29) is 44.4 Å². The molecule has 1 N–H and O–H groups in total. The van der Waals surface area contributed by atoms with E-state index in [9.17, 15) is 14.4 Å². The molecule has 1 amide bonds. The van der Waals surface area contributed by atoms with Crippen molar-refractivity contribution >= 4 is 17.8 Å². The molecule has 2 aromatic carbocycles. The van der Waals surface area contributed by atoms with Crippen LogP contribution in [0.15, 0.2) is 54.6 Å². The summed E-state index contributed by atoms with van der Waals surface area (Å²) in [5.41, 5.74) is 1.19. The summed E-state index contributed by atoms with van der Waals surface area (Å²) in [4.78, 5) is 37.1. The highest BCUT2D eigenvalue weighted by Gasteiger charge is 2.23. The number of hydrogen-bond acceptors (Lipinski definition) is 8. The molecule has 40 heavy (non-hydrogen) atoms. The number of rotatable bonds is 18. The Labute approximate surface area is 237 Å². The van der Waals surface area contributed by atoms with Crippen LogP contribution in [0.4, 0.5) is 0 Å². The zero-order valence-corrected chi connectivity index (χ0v) is 24.1. The van der Waals surface area contributed by atoms with Crippen LogP contribution in [0.25, 0.3) is 0 Å². The molecule has 0 radical (unpaired) electrons. The Morgan fingerprint density at radius 3 is 2.15 bits per heavy atom. The normalized spacial score (nSPS) is 11.9. The van der Waals surface area contributed by atoms with Crippen molar-refractivity contribution < 1.29 is 38.1 Å². The van der Waals surface area contributed by atoms with Crippen LogP contribution < -0.4 is 10.1 Å². The van der Waals surface area contributed by atoms with Crippen molar-refractivity contribution in [2.45, 2.75) is 71.6 Å². The van der Waals surface area contributed by atoms with Crippen LogP contribution in [-0.4, -0.2) is 62.5 Å². The zero-order chi connectivity index (χ0) is 29.2. The van der Waals surface area contributed by atoms with E-state index >= 15 is 0 Å². The molecule has 2 rings (SSSR count). The van der Waals surface area contributed by atoms with Gasteiger partial charge < -0.3 is 29.0 Å². The maximum Gasteiger partial charge on any atom is 0.329 e. The Kier molecular flexibility index (Phi) is 14.8. The first-order valence-electron chi connectivity index (χ1n) is 13.7. The van der Waals surface area contributed by atoms with Gasteiger partial charge in [0.1, 0.15) is 30.6 Å². The highest BCUT2D eigenvalue weighted by Crippen LogP contribution is 2.15. The van der Waals surface area contributed by atoms with Gasteiger partial charge in [-0.3, -0.25) is 9.59 Å². The smallest absolute Gasteiger partial charge is 0.329 e. The van der Waals surface area contributed by atoms with E-state index in [0.29, 0.717) is 32.2 Å². The van der Waals surface area contributed by atoms with Gasteiger partial charge in [0.05, 0.1) is 26.2 Å². The Morgan fingerprint density at radius 2 is 1.48 bits per heavy atom. The number of carbonyl (C=O) groups is 3. The molecule has 220 valence electrons. The Bertz CT molecular complexity index is 1020. The van der Waals surface area contributed by atoms with Crippen molar-refractivity contribution in [3.8, 4) is 5.75 Å². The maximum atomic E-state index is 12.9. The van der Waals surface area contributed by atoms with E-state index in [0.717, 1.165) is 17.5 Å². The lowest BCUT2D eigenvalue weighted by molar-refractivity contribution is -0.156. The van der Waals surface area contributed by atoms with Crippen LogP contribution in [0.2, 0.25) is 0 Å². The largest absolute Gasteiger partial charge is 0.491 e. The molecule has 0 saturated carbocycles. The molecule has 0 aromatic heterocycles. The number of amides is 1. The minimum atomic E-state index is -0.840. The number of carbonyl (C=O) groups excluding carboxylic acids is 3. The average molecular weight is 558 g/mol. The first-order chi connectivity index (χ1) is 19.2. The molecule has 0 aliphatic rings. The van der Waals surface area contributed by atoms with Gasteiger partial charge in [-0.05, 0) is 50.5 Å². The lowest BCUT2D eigenvalue weighted by atomic mass is 10.1. The summed E-state index contributed by atoms with van der Waals surface area (Å²) in [6.07, 6.45) is 1.48. The molecule has 2 aromatic rings. The van der Waals surface area contributed by atoms with Crippen molar-refractivity contribution in [3.05, 3.63) is 65.7 Å². The van der Waals surface area contributed by atoms with Crippen LogP contribution in [0.3, 0.4) is 0 Å². The number of esters is 2. The standard InChI is InChI=1S/C31H43NO8/c1-5-17-36-18-15-28(33)32-27(30(35)39-23-25-9-7-6-8-10-25)22-24-11-13-26(14-12-24)38-21-20-37-19-16-29(34)40-31(2,3)4/h6-14,27H,5,15-23H2,1-4H3,(H,32,33)/t27-/m0/s1. The number of hydrogen-bond donors (Lipinski definition) is 1. The van der Waals surface area contributed by atoms with Gasteiger partial charge >= 0.3 is 11.9 Å². The third kappa shape index (κ3) is 14.6. The number of benzene rings is 2. The quantitative estimate of drug-likeness (QED) is 0.212.